The second-order valence-electron chi connectivity index (χ2n) is 12.8. The number of hydrogen-bond acceptors (Lipinski definition) is 11. The maximum absolute atomic E-state index is 17.3. The van der Waals surface area contributed by atoms with Crippen molar-refractivity contribution in [2.24, 2.45) is 0 Å². The van der Waals surface area contributed by atoms with Crippen LogP contribution in [0.3, 0.4) is 0 Å². The standard InChI is InChI=1S/C35H31F2I2N8O2PS/c1-20(24-7-3-10-42-31(24)40)47-12-13-48-33-27-30(44-34(45-32(27)47)49-19-35-9-4-11-46(35)18-23(36)15-35)28(37)29(43-33)25-17-41-16-22-6-2-5-21(26(22)25)8-14-51-50(38)39/h2-3,5-7,10,16-17,20,23H,4,9,11-13,15,18-19H2,1H3,(H2,40,42)/t20-,23-,35+/m1/s1. The third kappa shape index (κ3) is 6.64. The molecule has 2 fully saturated rings. The minimum absolute atomic E-state index is 0.000385. The number of aromatic nitrogens is 5. The van der Waals surface area contributed by atoms with E-state index in [0.29, 0.717) is 42.1 Å². The van der Waals surface area contributed by atoms with Gasteiger partial charge in [0.05, 0.1) is 20.5 Å². The molecular formula is C35H31F2I2N8O2PS. The first-order valence-corrected chi connectivity index (χ1v) is 24.8. The van der Waals surface area contributed by atoms with Gasteiger partial charge in [0.1, 0.15) is 47.6 Å². The van der Waals surface area contributed by atoms with E-state index in [1.54, 1.807) is 30.0 Å². The number of nitrogens with two attached hydrogens (primary N) is 1. The van der Waals surface area contributed by atoms with Crippen LogP contribution in [0.25, 0.3) is 32.9 Å². The smallest absolute Gasteiger partial charge is 0.319 e. The fourth-order valence-corrected chi connectivity index (χ4v) is 9.95. The van der Waals surface area contributed by atoms with Crippen LogP contribution in [0, 0.1) is 17.0 Å². The van der Waals surface area contributed by atoms with E-state index in [2.05, 4.69) is 70.1 Å². The molecular weight excluding hydrogens is 919 g/mol. The summed E-state index contributed by atoms with van der Waals surface area (Å²) in [4.78, 5) is 27.3. The minimum atomic E-state index is -0.920. The van der Waals surface area contributed by atoms with E-state index in [4.69, 9.17) is 30.2 Å². The van der Waals surface area contributed by atoms with Crippen LogP contribution in [-0.4, -0.2) is 74.4 Å². The van der Waals surface area contributed by atoms with Crippen molar-refractivity contribution < 1.29 is 18.3 Å². The Bertz CT molecular complexity index is 2220. The first-order chi connectivity index (χ1) is 24.7. The Balaban J connectivity index is 1.31. The molecule has 262 valence electrons. The normalized spacial score (nSPS) is 20.6. The molecule has 5 aromatic rings. The van der Waals surface area contributed by atoms with E-state index >= 15 is 4.39 Å². The van der Waals surface area contributed by atoms with E-state index in [-0.39, 0.29) is 44.8 Å². The van der Waals surface area contributed by atoms with Gasteiger partial charge in [-0.2, -0.15) is 9.97 Å². The molecule has 51 heavy (non-hydrogen) atoms. The zero-order valence-electron chi connectivity index (χ0n) is 27.3. The van der Waals surface area contributed by atoms with Crippen molar-refractivity contribution in [1.29, 1.82) is 0 Å². The summed E-state index contributed by atoms with van der Waals surface area (Å²) in [5.41, 5.74) is 7.90. The van der Waals surface area contributed by atoms with Crippen molar-refractivity contribution in [3.63, 3.8) is 0 Å². The number of hydrogen-bond donors (Lipinski definition) is 1. The van der Waals surface area contributed by atoms with E-state index in [1.165, 1.54) is 0 Å². The molecule has 3 atom stereocenters. The van der Waals surface area contributed by atoms with E-state index in [9.17, 15) is 4.39 Å². The second-order valence-corrected chi connectivity index (χ2v) is 30.5. The number of halogens is 4. The summed E-state index contributed by atoms with van der Waals surface area (Å²) in [5, 5.41) is 5.05. The molecule has 3 aliphatic heterocycles. The average Bonchev–Trinajstić information content (AvgIpc) is 3.58. The fourth-order valence-electron chi connectivity index (χ4n) is 7.61. The maximum Gasteiger partial charge on any atom is 0.319 e. The van der Waals surface area contributed by atoms with E-state index < -0.39 is 17.5 Å². The van der Waals surface area contributed by atoms with Crippen molar-refractivity contribution in [3.05, 3.63) is 65.9 Å². The van der Waals surface area contributed by atoms with Crippen molar-refractivity contribution in [1.82, 2.24) is 29.8 Å². The average molecular weight is 951 g/mol. The molecule has 0 unspecified atom stereocenters. The van der Waals surface area contributed by atoms with Gasteiger partial charge in [-0.05, 0) is 99.2 Å². The maximum atomic E-state index is 17.3. The van der Waals surface area contributed by atoms with Crippen LogP contribution in [0.4, 0.5) is 20.4 Å². The summed E-state index contributed by atoms with van der Waals surface area (Å²) in [7, 11) is 0. The van der Waals surface area contributed by atoms with Gasteiger partial charge in [-0.25, -0.2) is 18.7 Å². The highest BCUT2D eigenvalue weighted by molar-refractivity contribution is 14.3. The lowest BCUT2D eigenvalue weighted by atomic mass is 9.95. The lowest BCUT2D eigenvalue weighted by Crippen LogP contribution is -2.43. The van der Waals surface area contributed by atoms with Gasteiger partial charge in [-0.1, -0.05) is 24.1 Å². The van der Waals surface area contributed by atoms with Gasteiger partial charge in [0.25, 0.3) is 0 Å². The highest BCUT2D eigenvalue weighted by Crippen LogP contribution is 2.64. The molecule has 0 spiro atoms. The molecule has 1 aromatic carbocycles. The van der Waals surface area contributed by atoms with Crippen LogP contribution in [-0.2, 0) is 0 Å². The highest BCUT2D eigenvalue weighted by atomic mass is 127. The number of rotatable bonds is 7. The number of ether oxygens (including phenoxy) is 2. The van der Waals surface area contributed by atoms with E-state index in [1.807, 2.05) is 42.2 Å². The topological polar surface area (TPSA) is 115 Å². The van der Waals surface area contributed by atoms with Crippen LogP contribution in [0.1, 0.15) is 43.4 Å². The number of nitrogen functional groups attached to an aromatic ring is 1. The summed E-state index contributed by atoms with van der Waals surface area (Å²) in [6, 6.07) is 9.16. The summed E-state index contributed by atoms with van der Waals surface area (Å²) < 4.78 is 44.2. The van der Waals surface area contributed by atoms with Gasteiger partial charge in [0.15, 0.2) is 5.82 Å². The molecule has 2 N–H and O–H groups in total. The molecule has 8 rings (SSSR count). The highest BCUT2D eigenvalue weighted by Gasteiger charge is 2.49. The van der Waals surface area contributed by atoms with Crippen LogP contribution in [0.15, 0.2) is 48.9 Å². The number of benzene rings is 1. The molecule has 0 saturated carbocycles. The first kappa shape index (κ1) is 35.1. The van der Waals surface area contributed by atoms with Gasteiger partial charge in [0.2, 0.25) is 5.88 Å². The number of anilines is 2. The lowest BCUT2D eigenvalue weighted by Gasteiger charge is -2.32. The van der Waals surface area contributed by atoms with Crippen LogP contribution in [0.5, 0.6) is 11.9 Å². The molecule has 10 nitrogen and oxygen atoms in total. The lowest BCUT2D eigenvalue weighted by molar-refractivity contribution is 0.107. The van der Waals surface area contributed by atoms with Gasteiger partial charge in [-0.15, -0.1) is 0 Å². The van der Waals surface area contributed by atoms with Gasteiger partial charge < -0.3 is 20.1 Å². The van der Waals surface area contributed by atoms with Crippen molar-refractivity contribution in [2.45, 2.75) is 43.9 Å². The quantitative estimate of drug-likeness (QED) is 0.0964. The first-order valence-electron chi connectivity index (χ1n) is 16.4. The number of fused-ring (bicyclic) bond motifs is 2. The Morgan fingerprint density at radius 3 is 2.90 bits per heavy atom. The van der Waals surface area contributed by atoms with Gasteiger partial charge in [0, 0.05) is 59.0 Å². The molecule has 3 aliphatic rings. The summed E-state index contributed by atoms with van der Waals surface area (Å²) in [6.45, 7) is 4.00. The summed E-state index contributed by atoms with van der Waals surface area (Å²) in [5.74, 6) is 3.59. The predicted molar refractivity (Wildman–Crippen MR) is 216 cm³/mol. The summed E-state index contributed by atoms with van der Waals surface area (Å²) in [6.07, 6.45) is 6.21. The molecule has 2 saturated heterocycles. The number of nitrogens with zero attached hydrogens (tertiary/aromatic N) is 7. The SMILES string of the molecule is C[C@H](c1cccnc1N)N1CCOc2nc(-c3cncc4cccc(C#CSP(I)I)c34)c(F)c3nc(OC[C@@]45CCCN4C[C@H](F)C5)nc1c23. The van der Waals surface area contributed by atoms with Crippen molar-refractivity contribution in [3.8, 4) is 34.3 Å². The van der Waals surface area contributed by atoms with Gasteiger partial charge >= 0.3 is 6.01 Å². The van der Waals surface area contributed by atoms with Crippen LogP contribution >= 0.6 is 57.9 Å². The molecule has 0 bridgehead atoms. The van der Waals surface area contributed by atoms with Crippen LogP contribution in [0.2, 0.25) is 0 Å². The number of pyridine rings is 3. The zero-order chi connectivity index (χ0) is 35.3. The minimum Gasteiger partial charge on any atom is -0.475 e. The Morgan fingerprint density at radius 2 is 2.06 bits per heavy atom. The molecule has 4 aromatic heterocycles. The summed E-state index contributed by atoms with van der Waals surface area (Å²) >= 11 is 6.29. The Labute approximate surface area is 324 Å². The zero-order valence-corrected chi connectivity index (χ0v) is 33.3. The van der Waals surface area contributed by atoms with Gasteiger partial charge in [-0.3, -0.25) is 9.88 Å². The molecule has 7 heterocycles. The second kappa shape index (κ2) is 14.5. The van der Waals surface area contributed by atoms with Crippen LogP contribution < -0.4 is 20.1 Å². The van der Waals surface area contributed by atoms with E-state index in [0.717, 1.165) is 41.3 Å². The van der Waals surface area contributed by atoms with Crippen molar-refractivity contribution in [2.75, 3.05) is 43.5 Å². The molecule has 16 heteroatoms. The fraction of sp³-hybridized carbons (Fsp3) is 0.343. The predicted octanol–water partition coefficient (Wildman–Crippen LogP) is 8.41. The third-order valence-corrected chi connectivity index (χ3v) is 14.5. The largest absolute Gasteiger partial charge is 0.475 e. The molecule has 0 amide bonds. The number of alkyl halides is 1. The monoisotopic (exact) mass is 950 g/mol. The molecule has 0 radical (unpaired) electrons. The Hall–Kier alpha value is -2.91. The van der Waals surface area contributed by atoms with Crippen molar-refractivity contribution >= 4 is 91.2 Å². The third-order valence-electron chi connectivity index (χ3n) is 9.91. The molecule has 0 aliphatic carbocycles. The Kier molecular flexibility index (Phi) is 9.98. The Morgan fingerprint density at radius 1 is 1.18 bits per heavy atom.